The van der Waals surface area contributed by atoms with Crippen molar-refractivity contribution < 1.29 is 14.6 Å². The number of hydrogen-bond donors (Lipinski definition) is 1. The fraction of sp³-hybridized carbons (Fsp3) is 0.833. The van der Waals surface area contributed by atoms with Crippen LogP contribution in [-0.4, -0.2) is 30.7 Å². The second kappa shape index (κ2) is 6.84. The zero-order valence-electron chi connectivity index (χ0n) is 9.53. The summed E-state index contributed by atoms with van der Waals surface area (Å²) in [6.45, 7) is 5.00. The summed E-state index contributed by atoms with van der Waals surface area (Å²) in [6.07, 6.45) is 2.59. The molecule has 3 heteroatoms. The Morgan fingerprint density at radius 1 is 1.47 bits per heavy atom. The molecule has 0 aliphatic carbocycles. The maximum atomic E-state index is 9.40. The van der Waals surface area contributed by atoms with Crippen LogP contribution in [0, 0.1) is 17.8 Å². The maximum absolute atomic E-state index is 9.40. The lowest BCUT2D eigenvalue weighted by atomic mass is 10.1. The Morgan fingerprint density at radius 3 is 2.87 bits per heavy atom. The summed E-state index contributed by atoms with van der Waals surface area (Å²) in [6, 6.07) is 0. The molecule has 0 amide bonds. The van der Waals surface area contributed by atoms with E-state index in [2.05, 4.69) is 11.8 Å². The highest BCUT2D eigenvalue weighted by atomic mass is 16.7. The predicted octanol–water partition coefficient (Wildman–Crippen LogP) is 1.55. The van der Waals surface area contributed by atoms with E-state index in [9.17, 15) is 5.11 Å². The lowest BCUT2D eigenvalue weighted by Crippen LogP contribution is -2.22. The third-order valence-corrected chi connectivity index (χ3v) is 2.36. The number of ether oxygens (including phenoxy) is 2. The van der Waals surface area contributed by atoms with Gasteiger partial charge in [-0.1, -0.05) is 25.7 Å². The molecule has 1 N–H and O–H groups in total. The van der Waals surface area contributed by atoms with E-state index >= 15 is 0 Å². The Balaban J connectivity index is 2.14. The summed E-state index contributed by atoms with van der Waals surface area (Å²) in [5.74, 6) is 5.73. The summed E-state index contributed by atoms with van der Waals surface area (Å²) in [4.78, 5) is 0. The van der Waals surface area contributed by atoms with Crippen LogP contribution >= 0.6 is 0 Å². The Labute approximate surface area is 91.8 Å². The molecular formula is C12H20O3. The highest BCUT2D eigenvalue weighted by molar-refractivity contribution is 5.05. The van der Waals surface area contributed by atoms with Gasteiger partial charge in [-0.2, -0.15) is 0 Å². The first-order valence-corrected chi connectivity index (χ1v) is 5.60. The van der Waals surface area contributed by atoms with E-state index in [0.717, 1.165) is 25.9 Å². The van der Waals surface area contributed by atoms with Crippen molar-refractivity contribution >= 4 is 0 Å². The van der Waals surface area contributed by atoms with Gasteiger partial charge >= 0.3 is 0 Å². The van der Waals surface area contributed by atoms with Crippen LogP contribution in [0.4, 0.5) is 0 Å². The van der Waals surface area contributed by atoms with E-state index in [1.54, 1.807) is 0 Å². The number of hydrogen-bond acceptors (Lipinski definition) is 3. The molecule has 0 bridgehead atoms. The lowest BCUT2D eigenvalue weighted by molar-refractivity contribution is -0.154. The van der Waals surface area contributed by atoms with Gasteiger partial charge in [0.1, 0.15) is 12.7 Å². The summed E-state index contributed by atoms with van der Waals surface area (Å²) in [7, 11) is 0. The number of rotatable bonds is 3. The molecule has 0 spiro atoms. The first-order valence-electron chi connectivity index (χ1n) is 5.60. The summed E-state index contributed by atoms with van der Waals surface area (Å²) >= 11 is 0. The molecule has 1 saturated heterocycles. The van der Waals surface area contributed by atoms with E-state index in [-0.39, 0.29) is 12.2 Å². The highest BCUT2D eigenvalue weighted by Gasteiger charge is 2.12. The Kier molecular flexibility index (Phi) is 5.70. The van der Waals surface area contributed by atoms with Crippen LogP contribution in [0.15, 0.2) is 0 Å². The van der Waals surface area contributed by atoms with Gasteiger partial charge in [-0.05, 0) is 25.2 Å². The quantitative estimate of drug-likeness (QED) is 0.721. The van der Waals surface area contributed by atoms with E-state index in [1.807, 2.05) is 13.8 Å². The van der Waals surface area contributed by atoms with Crippen molar-refractivity contribution in [3.05, 3.63) is 0 Å². The van der Waals surface area contributed by atoms with Crippen molar-refractivity contribution in [3.8, 4) is 11.8 Å². The van der Waals surface area contributed by atoms with Gasteiger partial charge in [-0.3, -0.25) is 0 Å². The van der Waals surface area contributed by atoms with Gasteiger partial charge in [0.2, 0.25) is 0 Å². The molecule has 1 aliphatic rings. The molecular weight excluding hydrogens is 192 g/mol. The second-order valence-electron chi connectivity index (χ2n) is 4.12. The van der Waals surface area contributed by atoms with Gasteiger partial charge < -0.3 is 14.6 Å². The Bertz CT molecular complexity index is 221. The zero-order chi connectivity index (χ0) is 11.1. The Morgan fingerprint density at radius 2 is 2.27 bits per heavy atom. The molecule has 0 aromatic rings. The summed E-state index contributed by atoms with van der Waals surface area (Å²) in [5.41, 5.74) is 0. The average Bonchev–Trinajstić information content (AvgIpc) is 2.25. The second-order valence-corrected chi connectivity index (χ2v) is 4.12. The molecule has 1 rings (SSSR count). The number of aliphatic hydroxyl groups excluding tert-OH is 1. The van der Waals surface area contributed by atoms with Crippen LogP contribution in [0.1, 0.15) is 33.1 Å². The molecule has 0 saturated carbocycles. The third-order valence-electron chi connectivity index (χ3n) is 2.36. The molecule has 3 nitrogen and oxygen atoms in total. The fourth-order valence-corrected chi connectivity index (χ4v) is 1.29. The molecule has 0 aromatic carbocycles. The fourth-order valence-electron chi connectivity index (χ4n) is 1.29. The smallest absolute Gasteiger partial charge is 0.158 e. The molecule has 2 unspecified atom stereocenters. The van der Waals surface area contributed by atoms with Crippen molar-refractivity contribution in [1.82, 2.24) is 0 Å². The van der Waals surface area contributed by atoms with Gasteiger partial charge in [0.15, 0.2) is 6.29 Å². The third kappa shape index (κ3) is 5.17. The predicted molar refractivity (Wildman–Crippen MR) is 58.2 cm³/mol. The zero-order valence-corrected chi connectivity index (χ0v) is 9.53. The first kappa shape index (κ1) is 12.5. The molecule has 2 atom stereocenters. The molecule has 15 heavy (non-hydrogen) atoms. The van der Waals surface area contributed by atoms with Crippen LogP contribution in [0.5, 0.6) is 0 Å². The average molecular weight is 212 g/mol. The van der Waals surface area contributed by atoms with Crippen LogP contribution in [0.25, 0.3) is 0 Å². The summed E-state index contributed by atoms with van der Waals surface area (Å²) in [5, 5.41) is 9.40. The summed E-state index contributed by atoms with van der Waals surface area (Å²) < 4.78 is 10.8. The molecule has 1 aliphatic heterocycles. The van der Waals surface area contributed by atoms with Crippen molar-refractivity contribution in [2.24, 2.45) is 5.92 Å². The minimum Gasteiger partial charge on any atom is -0.380 e. The van der Waals surface area contributed by atoms with Gasteiger partial charge in [-0.15, -0.1) is 0 Å². The van der Waals surface area contributed by atoms with Gasteiger partial charge in [0.05, 0.1) is 0 Å². The van der Waals surface area contributed by atoms with Crippen molar-refractivity contribution in [3.63, 3.8) is 0 Å². The lowest BCUT2D eigenvalue weighted by Gasteiger charge is -2.21. The van der Waals surface area contributed by atoms with Gasteiger partial charge in [0.25, 0.3) is 0 Å². The molecule has 0 radical (unpaired) electrons. The monoisotopic (exact) mass is 212 g/mol. The first-order chi connectivity index (χ1) is 7.20. The SMILES string of the molecule is CC(C)C(O)C#CCOC1CCCCO1. The molecule has 0 aromatic heterocycles. The topological polar surface area (TPSA) is 38.7 Å². The van der Waals surface area contributed by atoms with Crippen LogP contribution in [0.3, 0.4) is 0 Å². The van der Waals surface area contributed by atoms with Crippen molar-refractivity contribution in [2.45, 2.75) is 45.5 Å². The Hall–Kier alpha value is -0.560. The number of aliphatic hydroxyl groups is 1. The minimum atomic E-state index is -0.555. The molecule has 1 heterocycles. The molecule has 1 fully saturated rings. The normalized spacial score (nSPS) is 23.3. The van der Waals surface area contributed by atoms with Crippen LogP contribution in [-0.2, 0) is 9.47 Å². The largest absolute Gasteiger partial charge is 0.380 e. The minimum absolute atomic E-state index is 0.0933. The van der Waals surface area contributed by atoms with Crippen molar-refractivity contribution in [1.29, 1.82) is 0 Å². The van der Waals surface area contributed by atoms with Gasteiger partial charge in [0, 0.05) is 6.61 Å². The van der Waals surface area contributed by atoms with E-state index < -0.39 is 6.10 Å². The standard InChI is InChI=1S/C12H20O3/c1-10(2)11(13)6-5-9-15-12-7-3-4-8-14-12/h10-13H,3-4,7-9H2,1-2H3. The van der Waals surface area contributed by atoms with Crippen LogP contribution < -0.4 is 0 Å². The van der Waals surface area contributed by atoms with E-state index in [0.29, 0.717) is 6.61 Å². The van der Waals surface area contributed by atoms with Crippen molar-refractivity contribution in [2.75, 3.05) is 13.2 Å². The molecule has 86 valence electrons. The van der Waals surface area contributed by atoms with E-state index in [1.165, 1.54) is 0 Å². The van der Waals surface area contributed by atoms with Crippen LogP contribution in [0.2, 0.25) is 0 Å². The van der Waals surface area contributed by atoms with Gasteiger partial charge in [-0.25, -0.2) is 0 Å². The van der Waals surface area contributed by atoms with E-state index in [4.69, 9.17) is 9.47 Å². The highest BCUT2D eigenvalue weighted by Crippen LogP contribution is 2.13. The maximum Gasteiger partial charge on any atom is 0.158 e.